The second-order valence-corrected chi connectivity index (χ2v) is 3.46. The molecule has 1 heterocycles. The van der Waals surface area contributed by atoms with Crippen molar-refractivity contribution in [1.82, 2.24) is 4.98 Å². The highest BCUT2D eigenvalue weighted by atomic mass is 16.4. The van der Waals surface area contributed by atoms with Crippen LogP contribution in [-0.4, -0.2) is 16.1 Å². The van der Waals surface area contributed by atoms with Gasteiger partial charge in [0.25, 0.3) is 0 Å². The Morgan fingerprint density at radius 1 is 1.31 bits per heavy atom. The number of hydrogen-bond donors (Lipinski definition) is 1. The number of aryl methyl sites for hydroxylation is 1. The van der Waals surface area contributed by atoms with Crippen molar-refractivity contribution in [1.29, 1.82) is 0 Å². The molecule has 0 bridgehead atoms. The standard InChI is InChI=1S/C12H11NO3/c14-12(15)6-3-9-1-4-10(5-2-9)11-7-16-8-13-11/h1-2,4-5,7-8H,3,6H2,(H,14,15). The first kappa shape index (κ1) is 10.4. The lowest BCUT2D eigenvalue weighted by Gasteiger charge is -2.00. The number of carboxylic acid groups (broad SMARTS) is 1. The highest BCUT2D eigenvalue weighted by Gasteiger charge is 2.02. The summed E-state index contributed by atoms with van der Waals surface area (Å²) in [5.41, 5.74) is 2.76. The molecule has 0 saturated heterocycles. The minimum absolute atomic E-state index is 0.156. The Labute approximate surface area is 92.6 Å². The fraction of sp³-hybridized carbons (Fsp3) is 0.167. The van der Waals surface area contributed by atoms with Crippen molar-refractivity contribution in [2.24, 2.45) is 0 Å². The first-order chi connectivity index (χ1) is 7.75. The Hall–Kier alpha value is -2.10. The molecular weight excluding hydrogens is 206 g/mol. The summed E-state index contributed by atoms with van der Waals surface area (Å²) in [4.78, 5) is 14.4. The number of hydrogen-bond acceptors (Lipinski definition) is 3. The summed E-state index contributed by atoms with van der Waals surface area (Å²) in [6, 6.07) is 7.64. The lowest BCUT2D eigenvalue weighted by Crippen LogP contribution is -1.97. The Kier molecular flexibility index (Phi) is 3.00. The predicted octanol–water partition coefficient (Wildman–Crippen LogP) is 2.36. The van der Waals surface area contributed by atoms with E-state index < -0.39 is 5.97 Å². The number of benzene rings is 1. The van der Waals surface area contributed by atoms with Crippen molar-refractivity contribution in [2.75, 3.05) is 0 Å². The molecule has 82 valence electrons. The molecule has 0 spiro atoms. The number of aliphatic carboxylic acids is 1. The van der Waals surface area contributed by atoms with Crippen molar-refractivity contribution < 1.29 is 14.3 Å². The highest BCUT2D eigenvalue weighted by molar-refractivity contribution is 5.67. The van der Waals surface area contributed by atoms with E-state index in [1.807, 2.05) is 24.3 Å². The molecule has 0 fully saturated rings. The van der Waals surface area contributed by atoms with Crippen LogP contribution in [-0.2, 0) is 11.2 Å². The first-order valence-corrected chi connectivity index (χ1v) is 4.95. The van der Waals surface area contributed by atoms with E-state index in [1.165, 1.54) is 6.39 Å². The lowest BCUT2D eigenvalue weighted by atomic mass is 10.1. The summed E-state index contributed by atoms with van der Waals surface area (Å²) >= 11 is 0. The average molecular weight is 217 g/mol. The van der Waals surface area contributed by atoms with E-state index in [1.54, 1.807) is 6.26 Å². The Balaban J connectivity index is 2.08. The fourth-order valence-electron chi connectivity index (χ4n) is 1.45. The van der Waals surface area contributed by atoms with Crippen molar-refractivity contribution in [3.63, 3.8) is 0 Å². The zero-order valence-corrected chi connectivity index (χ0v) is 8.59. The van der Waals surface area contributed by atoms with Crippen LogP contribution in [0, 0.1) is 0 Å². The molecule has 0 amide bonds. The van der Waals surface area contributed by atoms with Crippen LogP contribution in [0.3, 0.4) is 0 Å². The molecular formula is C12H11NO3. The molecule has 2 aromatic rings. The Morgan fingerprint density at radius 3 is 2.62 bits per heavy atom. The number of aromatic nitrogens is 1. The second kappa shape index (κ2) is 4.61. The van der Waals surface area contributed by atoms with E-state index >= 15 is 0 Å². The normalized spacial score (nSPS) is 10.2. The van der Waals surface area contributed by atoms with E-state index in [-0.39, 0.29) is 6.42 Å². The molecule has 4 heteroatoms. The van der Waals surface area contributed by atoms with Crippen LogP contribution in [0.5, 0.6) is 0 Å². The smallest absolute Gasteiger partial charge is 0.303 e. The zero-order valence-electron chi connectivity index (χ0n) is 8.59. The van der Waals surface area contributed by atoms with Gasteiger partial charge in [-0.05, 0) is 12.0 Å². The Bertz CT molecular complexity index is 460. The van der Waals surface area contributed by atoms with Gasteiger partial charge in [-0.15, -0.1) is 0 Å². The molecule has 1 aromatic heterocycles. The quantitative estimate of drug-likeness (QED) is 0.853. The third-order valence-corrected chi connectivity index (χ3v) is 2.31. The van der Waals surface area contributed by atoms with Crippen LogP contribution in [0.2, 0.25) is 0 Å². The molecule has 4 nitrogen and oxygen atoms in total. The van der Waals surface area contributed by atoms with Gasteiger partial charge in [0.2, 0.25) is 0 Å². The maximum absolute atomic E-state index is 10.4. The molecule has 0 unspecified atom stereocenters. The fourth-order valence-corrected chi connectivity index (χ4v) is 1.45. The van der Waals surface area contributed by atoms with Gasteiger partial charge in [0.15, 0.2) is 6.39 Å². The molecule has 0 aliphatic carbocycles. The summed E-state index contributed by atoms with van der Waals surface area (Å²) in [5, 5.41) is 8.56. The summed E-state index contributed by atoms with van der Waals surface area (Å²) in [6.45, 7) is 0. The van der Waals surface area contributed by atoms with Gasteiger partial charge in [-0.3, -0.25) is 4.79 Å². The largest absolute Gasteiger partial charge is 0.481 e. The minimum Gasteiger partial charge on any atom is -0.481 e. The third kappa shape index (κ3) is 2.48. The number of carbonyl (C=O) groups is 1. The number of carboxylic acids is 1. The van der Waals surface area contributed by atoms with Crippen LogP contribution < -0.4 is 0 Å². The van der Waals surface area contributed by atoms with Gasteiger partial charge in [-0.25, -0.2) is 4.98 Å². The van der Waals surface area contributed by atoms with Gasteiger partial charge in [0.1, 0.15) is 12.0 Å². The third-order valence-electron chi connectivity index (χ3n) is 2.31. The highest BCUT2D eigenvalue weighted by Crippen LogP contribution is 2.17. The van der Waals surface area contributed by atoms with Gasteiger partial charge < -0.3 is 9.52 Å². The van der Waals surface area contributed by atoms with Crippen molar-refractivity contribution in [3.8, 4) is 11.3 Å². The topological polar surface area (TPSA) is 63.3 Å². The van der Waals surface area contributed by atoms with Crippen molar-refractivity contribution >= 4 is 5.97 Å². The number of rotatable bonds is 4. The summed E-state index contributed by atoms with van der Waals surface area (Å²) in [5.74, 6) is -0.777. The Morgan fingerprint density at radius 2 is 2.06 bits per heavy atom. The minimum atomic E-state index is -0.777. The van der Waals surface area contributed by atoms with Crippen LogP contribution >= 0.6 is 0 Å². The molecule has 1 aromatic carbocycles. The maximum Gasteiger partial charge on any atom is 0.303 e. The molecule has 0 atom stereocenters. The molecule has 16 heavy (non-hydrogen) atoms. The van der Waals surface area contributed by atoms with Crippen LogP contribution in [0.15, 0.2) is 41.3 Å². The van der Waals surface area contributed by atoms with Gasteiger partial charge >= 0.3 is 5.97 Å². The summed E-state index contributed by atoms with van der Waals surface area (Å²) < 4.78 is 4.89. The zero-order chi connectivity index (χ0) is 11.4. The van der Waals surface area contributed by atoms with E-state index in [2.05, 4.69) is 4.98 Å². The first-order valence-electron chi connectivity index (χ1n) is 4.95. The molecule has 0 radical (unpaired) electrons. The maximum atomic E-state index is 10.4. The average Bonchev–Trinajstić information content (AvgIpc) is 2.80. The van der Waals surface area contributed by atoms with Gasteiger partial charge in [-0.2, -0.15) is 0 Å². The molecule has 2 rings (SSSR count). The summed E-state index contributed by atoms with van der Waals surface area (Å²) in [7, 11) is 0. The second-order valence-electron chi connectivity index (χ2n) is 3.46. The van der Waals surface area contributed by atoms with Gasteiger partial charge in [0.05, 0.1) is 0 Å². The van der Waals surface area contributed by atoms with Gasteiger partial charge in [-0.1, -0.05) is 24.3 Å². The van der Waals surface area contributed by atoms with Crippen molar-refractivity contribution in [3.05, 3.63) is 42.5 Å². The predicted molar refractivity (Wildman–Crippen MR) is 57.9 cm³/mol. The van der Waals surface area contributed by atoms with E-state index in [4.69, 9.17) is 9.52 Å². The van der Waals surface area contributed by atoms with E-state index in [0.29, 0.717) is 6.42 Å². The summed E-state index contributed by atoms with van der Waals surface area (Å²) in [6.07, 6.45) is 3.66. The van der Waals surface area contributed by atoms with Crippen LogP contribution in [0.1, 0.15) is 12.0 Å². The lowest BCUT2D eigenvalue weighted by molar-refractivity contribution is -0.136. The van der Waals surface area contributed by atoms with Crippen LogP contribution in [0.25, 0.3) is 11.3 Å². The van der Waals surface area contributed by atoms with E-state index in [9.17, 15) is 4.79 Å². The van der Waals surface area contributed by atoms with Crippen molar-refractivity contribution in [2.45, 2.75) is 12.8 Å². The SMILES string of the molecule is O=C(O)CCc1ccc(-c2cocn2)cc1. The molecule has 0 aliphatic heterocycles. The molecule has 1 N–H and O–H groups in total. The number of oxazole rings is 1. The molecule has 0 aliphatic rings. The monoisotopic (exact) mass is 217 g/mol. The van der Waals surface area contributed by atoms with Crippen LogP contribution in [0.4, 0.5) is 0 Å². The number of nitrogens with zero attached hydrogens (tertiary/aromatic N) is 1. The molecule has 0 saturated carbocycles. The van der Waals surface area contributed by atoms with Gasteiger partial charge in [0, 0.05) is 12.0 Å². The van der Waals surface area contributed by atoms with E-state index in [0.717, 1.165) is 16.8 Å².